The highest BCUT2D eigenvalue weighted by molar-refractivity contribution is 5.46. The lowest BCUT2D eigenvalue weighted by Crippen LogP contribution is -2.47. The second-order valence-corrected chi connectivity index (χ2v) is 5.09. The van der Waals surface area contributed by atoms with Gasteiger partial charge in [-0.1, -0.05) is 13.8 Å². The van der Waals surface area contributed by atoms with Gasteiger partial charge in [-0.15, -0.1) is 0 Å². The Labute approximate surface area is 102 Å². The first kappa shape index (κ1) is 12.4. The lowest BCUT2D eigenvalue weighted by Gasteiger charge is -2.38. The summed E-state index contributed by atoms with van der Waals surface area (Å²) in [7, 11) is 1.68. The van der Waals surface area contributed by atoms with Crippen molar-refractivity contribution in [2.24, 2.45) is 0 Å². The normalized spacial score (nSPS) is 18.0. The summed E-state index contributed by atoms with van der Waals surface area (Å²) >= 11 is 0. The molecule has 17 heavy (non-hydrogen) atoms. The standard InChI is InChI=1S/C14H20O3/c1-9(2)11-6-12(14(15)7-17-8-14)10(3)5-13(11)16-4/h5-6,9,15H,7-8H2,1-4H3. The maximum atomic E-state index is 10.4. The van der Waals surface area contributed by atoms with E-state index < -0.39 is 5.60 Å². The molecule has 1 aliphatic heterocycles. The molecule has 1 aromatic carbocycles. The molecule has 0 spiro atoms. The van der Waals surface area contributed by atoms with Crippen molar-refractivity contribution in [3.63, 3.8) is 0 Å². The minimum Gasteiger partial charge on any atom is -0.496 e. The van der Waals surface area contributed by atoms with Gasteiger partial charge in [-0.2, -0.15) is 0 Å². The number of aliphatic hydroxyl groups is 1. The molecule has 0 radical (unpaired) electrons. The van der Waals surface area contributed by atoms with Crippen molar-refractivity contribution in [3.8, 4) is 5.75 Å². The molecular formula is C14H20O3. The van der Waals surface area contributed by atoms with Crippen LogP contribution in [0.5, 0.6) is 5.75 Å². The second-order valence-electron chi connectivity index (χ2n) is 5.09. The Morgan fingerprint density at radius 1 is 1.35 bits per heavy atom. The van der Waals surface area contributed by atoms with Crippen molar-refractivity contribution >= 4 is 0 Å². The summed E-state index contributed by atoms with van der Waals surface area (Å²) in [5, 5.41) is 10.4. The fraction of sp³-hybridized carbons (Fsp3) is 0.571. The van der Waals surface area contributed by atoms with Crippen LogP contribution in [0.4, 0.5) is 0 Å². The summed E-state index contributed by atoms with van der Waals surface area (Å²) in [5.74, 6) is 1.26. The van der Waals surface area contributed by atoms with Crippen molar-refractivity contribution in [2.45, 2.75) is 32.3 Å². The predicted molar refractivity (Wildman–Crippen MR) is 66.5 cm³/mol. The Kier molecular flexibility index (Phi) is 3.15. The first-order chi connectivity index (χ1) is 7.98. The summed E-state index contributed by atoms with van der Waals surface area (Å²) in [4.78, 5) is 0. The quantitative estimate of drug-likeness (QED) is 0.875. The summed E-state index contributed by atoms with van der Waals surface area (Å²) in [6.45, 7) is 7.02. The molecule has 1 saturated heterocycles. The molecular weight excluding hydrogens is 216 g/mol. The van der Waals surface area contributed by atoms with E-state index >= 15 is 0 Å². The van der Waals surface area contributed by atoms with E-state index in [0.29, 0.717) is 19.1 Å². The molecule has 0 aliphatic carbocycles. The molecule has 1 aliphatic rings. The number of aryl methyl sites for hydroxylation is 1. The van der Waals surface area contributed by atoms with Gasteiger partial charge in [0.1, 0.15) is 11.4 Å². The second kappa shape index (κ2) is 4.31. The molecule has 3 nitrogen and oxygen atoms in total. The largest absolute Gasteiger partial charge is 0.496 e. The Morgan fingerprint density at radius 2 is 2.00 bits per heavy atom. The smallest absolute Gasteiger partial charge is 0.136 e. The molecule has 0 saturated carbocycles. The number of hydrogen-bond donors (Lipinski definition) is 1. The lowest BCUT2D eigenvalue weighted by atomic mass is 9.85. The van der Waals surface area contributed by atoms with Crippen LogP contribution in [0.3, 0.4) is 0 Å². The fourth-order valence-electron chi connectivity index (χ4n) is 2.28. The first-order valence-electron chi connectivity index (χ1n) is 5.97. The van der Waals surface area contributed by atoms with E-state index in [-0.39, 0.29) is 0 Å². The van der Waals surface area contributed by atoms with Crippen LogP contribution in [0.2, 0.25) is 0 Å². The van der Waals surface area contributed by atoms with Crippen molar-refractivity contribution in [3.05, 3.63) is 28.8 Å². The molecule has 1 aromatic rings. The van der Waals surface area contributed by atoms with Crippen LogP contribution in [-0.2, 0) is 10.3 Å². The van der Waals surface area contributed by atoms with E-state index in [1.807, 2.05) is 13.0 Å². The number of benzene rings is 1. The maximum absolute atomic E-state index is 10.4. The zero-order valence-electron chi connectivity index (χ0n) is 10.9. The maximum Gasteiger partial charge on any atom is 0.136 e. The van der Waals surface area contributed by atoms with E-state index in [1.54, 1.807) is 7.11 Å². The zero-order valence-corrected chi connectivity index (χ0v) is 10.9. The minimum absolute atomic E-state index is 0.369. The molecule has 3 heteroatoms. The van der Waals surface area contributed by atoms with Crippen molar-refractivity contribution < 1.29 is 14.6 Å². The lowest BCUT2D eigenvalue weighted by molar-refractivity contribution is -0.185. The first-order valence-corrected chi connectivity index (χ1v) is 5.97. The van der Waals surface area contributed by atoms with E-state index in [0.717, 1.165) is 22.4 Å². The van der Waals surface area contributed by atoms with Crippen LogP contribution >= 0.6 is 0 Å². The van der Waals surface area contributed by atoms with Crippen LogP contribution in [0.1, 0.15) is 36.5 Å². The summed E-state index contributed by atoms with van der Waals surface area (Å²) < 4.78 is 10.5. The van der Waals surface area contributed by atoms with E-state index in [4.69, 9.17) is 9.47 Å². The van der Waals surface area contributed by atoms with Gasteiger partial charge in [0.05, 0.1) is 20.3 Å². The Bertz CT molecular complexity index is 420. The molecule has 0 bridgehead atoms. The molecule has 1 heterocycles. The number of rotatable bonds is 3. The third-order valence-electron chi connectivity index (χ3n) is 3.38. The van der Waals surface area contributed by atoms with Crippen LogP contribution in [0.25, 0.3) is 0 Å². The van der Waals surface area contributed by atoms with Crippen LogP contribution in [0.15, 0.2) is 12.1 Å². The van der Waals surface area contributed by atoms with E-state index in [9.17, 15) is 5.11 Å². The molecule has 94 valence electrons. The van der Waals surface area contributed by atoms with Gasteiger partial charge in [-0.25, -0.2) is 0 Å². The number of hydrogen-bond acceptors (Lipinski definition) is 3. The molecule has 1 N–H and O–H groups in total. The summed E-state index contributed by atoms with van der Waals surface area (Å²) in [6.07, 6.45) is 0. The summed E-state index contributed by atoms with van der Waals surface area (Å²) in [5.41, 5.74) is 2.35. The highest BCUT2D eigenvalue weighted by atomic mass is 16.5. The SMILES string of the molecule is COc1cc(C)c(C2(O)COC2)cc1C(C)C. The minimum atomic E-state index is -0.806. The molecule has 1 fully saturated rings. The monoisotopic (exact) mass is 236 g/mol. The van der Waals surface area contributed by atoms with Gasteiger partial charge in [0.25, 0.3) is 0 Å². The molecule has 2 rings (SSSR count). The van der Waals surface area contributed by atoms with Crippen LogP contribution in [-0.4, -0.2) is 25.4 Å². The van der Waals surface area contributed by atoms with Gasteiger partial charge in [0, 0.05) is 0 Å². The van der Waals surface area contributed by atoms with Gasteiger partial charge < -0.3 is 14.6 Å². The fourth-order valence-corrected chi connectivity index (χ4v) is 2.28. The van der Waals surface area contributed by atoms with Crippen LogP contribution in [0, 0.1) is 6.92 Å². The molecule has 0 aromatic heterocycles. The number of ether oxygens (including phenoxy) is 2. The third kappa shape index (κ3) is 2.05. The highest BCUT2D eigenvalue weighted by Gasteiger charge is 2.39. The average Bonchev–Trinajstić information content (AvgIpc) is 2.25. The van der Waals surface area contributed by atoms with Crippen molar-refractivity contribution in [2.75, 3.05) is 20.3 Å². The number of methoxy groups -OCH3 is 1. The Balaban J connectivity index is 2.50. The van der Waals surface area contributed by atoms with Crippen molar-refractivity contribution in [1.82, 2.24) is 0 Å². The van der Waals surface area contributed by atoms with Crippen molar-refractivity contribution in [1.29, 1.82) is 0 Å². The Hall–Kier alpha value is -1.06. The molecule has 0 unspecified atom stereocenters. The third-order valence-corrected chi connectivity index (χ3v) is 3.38. The van der Waals surface area contributed by atoms with Gasteiger partial charge in [0.15, 0.2) is 0 Å². The van der Waals surface area contributed by atoms with Gasteiger partial charge >= 0.3 is 0 Å². The zero-order chi connectivity index (χ0) is 12.6. The predicted octanol–water partition coefficient (Wildman–Crippen LogP) is 2.34. The summed E-state index contributed by atoms with van der Waals surface area (Å²) in [6, 6.07) is 4.06. The van der Waals surface area contributed by atoms with Gasteiger partial charge in [-0.3, -0.25) is 0 Å². The van der Waals surface area contributed by atoms with Gasteiger partial charge in [-0.05, 0) is 41.7 Å². The average molecular weight is 236 g/mol. The molecule has 0 atom stereocenters. The topological polar surface area (TPSA) is 38.7 Å². The van der Waals surface area contributed by atoms with Crippen LogP contribution < -0.4 is 4.74 Å². The van der Waals surface area contributed by atoms with E-state index in [2.05, 4.69) is 19.9 Å². The van der Waals surface area contributed by atoms with Gasteiger partial charge in [0.2, 0.25) is 0 Å². The molecule has 0 amide bonds. The Morgan fingerprint density at radius 3 is 2.41 bits per heavy atom. The van der Waals surface area contributed by atoms with E-state index in [1.165, 1.54) is 0 Å². The highest BCUT2D eigenvalue weighted by Crippen LogP contribution is 2.37.